The van der Waals surface area contributed by atoms with Crippen LogP contribution < -0.4 is 4.74 Å². The lowest BCUT2D eigenvalue weighted by atomic mass is 9.95. The van der Waals surface area contributed by atoms with Gasteiger partial charge in [-0.25, -0.2) is 14.6 Å². The van der Waals surface area contributed by atoms with Gasteiger partial charge < -0.3 is 19.5 Å². The number of hydrogen-bond acceptors (Lipinski definition) is 5. The van der Waals surface area contributed by atoms with Gasteiger partial charge in [-0.05, 0) is 73.5 Å². The molecule has 0 amide bonds. The summed E-state index contributed by atoms with van der Waals surface area (Å²) in [7, 11) is 0. The Kier molecular flexibility index (Phi) is 7.20. The lowest BCUT2D eigenvalue weighted by Crippen LogP contribution is -2.14. The van der Waals surface area contributed by atoms with E-state index in [2.05, 4.69) is 9.55 Å². The molecular weight excluding hydrogens is 518 g/mol. The zero-order chi connectivity index (χ0) is 28.3. The molecule has 8 heteroatoms. The number of aromatic nitrogens is 3. The maximum atomic E-state index is 11.6. The maximum absolute atomic E-state index is 11.6. The highest BCUT2D eigenvalue weighted by molar-refractivity contribution is 5.93. The molecule has 206 valence electrons. The molecular formula is C33H29N3O5. The number of rotatable bonds is 8. The summed E-state index contributed by atoms with van der Waals surface area (Å²) in [6.07, 6.45) is 7.43. The minimum Gasteiger partial charge on any atom is -0.489 e. The Balaban J connectivity index is 1.26. The first-order valence-corrected chi connectivity index (χ1v) is 13.7. The summed E-state index contributed by atoms with van der Waals surface area (Å²) in [6, 6.07) is 23.7. The number of fused-ring (bicyclic) bond motifs is 1. The Morgan fingerprint density at radius 2 is 1.51 bits per heavy atom. The number of aromatic carboxylic acids is 2. The van der Waals surface area contributed by atoms with E-state index in [4.69, 9.17) is 9.72 Å². The normalized spacial score (nSPS) is 13.8. The standard InChI is InChI=1S/C33H29N3O5/c37-32(38)23-10-8-21(9-11-23)30-25(5-4-18-34-30)20-41-27-15-12-22(13-16-27)31-35-28-19-24(33(39)40)14-17-29(28)36(31)26-6-2-1-3-7-26/h4-5,8-19,26H,1-3,6-7,20H2,(H,37,38)(H,39,40). The first-order valence-electron chi connectivity index (χ1n) is 13.7. The van der Waals surface area contributed by atoms with Crippen LogP contribution in [0.5, 0.6) is 5.75 Å². The zero-order valence-corrected chi connectivity index (χ0v) is 22.4. The average Bonchev–Trinajstić information content (AvgIpc) is 3.40. The number of carboxylic acid groups (broad SMARTS) is 2. The summed E-state index contributed by atoms with van der Waals surface area (Å²) in [5.41, 5.74) is 5.48. The highest BCUT2D eigenvalue weighted by Gasteiger charge is 2.23. The largest absolute Gasteiger partial charge is 0.489 e. The van der Waals surface area contributed by atoms with Crippen molar-refractivity contribution < 1.29 is 24.5 Å². The molecule has 2 heterocycles. The van der Waals surface area contributed by atoms with Crippen LogP contribution in [0.4, 0.5) is 0 Å². The van der Waals surface area contributed by atoms with Crippen molar-refractivity contribution in [3.05, 3.63) is 102 Å². The van der Waals surface area contributed by atoms with Crippen LogP contribution in [0.3, 0.4) is 0 Å². The molecule has 0 atom stereocenters. The predicted molar refractivity (Wildman–Crippen MR) is 155 cm³/mol. The fraction of sp³-hybridized carbons (Fsp3) is 0.212. The molecule has 0 unspecified atom stereocenters. The molecule has 1 aliphatic rings. The minimum absolute atomic E-state index is 0.224. The average molecular weight is 548 g/mol. The van der Waals surface area contributed by atoms with Gasteiger partial charge in [0, 0.05) is 28.9 Å². The van der Waals surface area contributed by atoms with E-state index in [1.165, 1.54) is 19.3 Å². The van der Waals surface area contributed by atoms with Crippen molar-refractivity contribution in [2.24, 2.45) is 0 Å². The van der Waals surface area contributed by atoms with E-state index < -0.39 is 11.9 Å². The number of carboxylic acids is 2. The van der Waals surface area contributed by atoms with Crippen molar-refractivity contribution >= 4 is 23.0 Å². The summed E-state index contributed by atoms with van der Waals surface area (Å²) in [4.78, 5) is 32.2. The SMILES string of the molecule is O=C(O)c1ccc(-c2ncccc2COc2ccc(-c3nc4cc(C(=O)O)ccc4n3C3CCCCC3)cc2)cc1. The van der Waals surface area contributed by atoms with Crippen LogP contribution in [0.1, 0.15) is 64.4 Å². The Morgan fingerprint density at radius 1 is 0.829 bits per heavy atom. The lowest BCUT2D eigenvalue weighted by Gasteiger charge is -2.25. The third kappa shape index (κ3) is 5.41. The second-order valence-corrected chi connectivity index (χ2v) is 10.3. The number of benzene rings is 3. The molecule has 0 radical (unpaired) electrons. The smallest absolute Gasteiger partial charge is 0.335 e. The van der Waals surface area contributed by atoms with E-state index >= 15 is 0 Å². The van der Waals surface area contributed by atoms with Gasteiger partial charge in [0.2, 0.25) is 0 Å². The lowest BCUT2D eigenvalue weighted by molar-refractivity contribution is 0.0686. The van der Waals surface area contributed by atoms with Gasteiger partial charge in [0.1, 0.15) is 18.2 Å². The molecule has 1 fully saturated rings. The summed E-state index contributed by atoms with van der Waals surface area (Å²) in [6.45, 7) is 0.293. The van der Waals surface area contributed by atoms with E-state index in [1.54, 1.807) is 42.6 Å². The maximum Gasteiger partial charge on any atom is 0.335 e. The topological polar surface area (TPSA) is 115 Å². The molecule has 1 saturated carbocycles. The number of nitrogens with zero attached hydrogens (tertiary/aromatic N) is 3. The monoisotopic (exact) mass is 547 g/mol. The Morgan fingerprint density at radius 3 is 2.22 bits per heavy atom. The van der Waals surface area contributed by atoms with Crippen molar-refractivity contribution in [3.63, 3.8) is 0 Å². The first-order chi connectivity index (χ1) is 20.0. The molecule has 8 nitrogen and oxygen atoms in total. The fourth-order valence-corrected chi connectivity index (χ4v) is 5.59. The Hall–Kier alpha value is -4.98. The number of carbonyl (C=O) groups is 2. The van der Waals surface area contributed by atoms with Crippen molar-refractivity contribution in [2.45, 2.75) is 44.8 Å². The van der Waals surface area contributed by atoms with Crippen molar-refractivity contribution in [1.82, 2.24) is 14.5 Å². The van der Waals surface area contributed by atoms with Gasteiger partial charge in [-0.1, -0.05) is 37.5 Å². The number of imidazole rings is 1. The molecule has 0 bridgehead atoms. The summed E-state index contributed by atoms with van der Waals surface area (Å²) in [5.74, 6) is -0.404. The molecule has 0 spiro atoms. The summed E-state index contributed by atoms with van der Waals surface area (Å²) < 4.78 is 8.41. The second kappa shape index (κ2) is 11.3. The van der Waals surface area contributed by atoms with Crippen LogP contribution >= 0.6 is 0 Å². The first kappa shape index (κ1) is 26.3. The molecule has 1 aliphatic carbocycles. The highest BCUT2D eigenvalue weighted by atomic mass is 16.5. The predicted octanol–water partition coefficient (Wildman–Crippen LogP) is 7.25. The zero-order valence-electron chi connectivity index (χ0n) is 22.4. The van der Waals surface area contributed by atoms with Crippen LogP contribution in [0.25, 0.3) is 33.7 Å². The third-order valence-corrected chi connectivity index (χ3v) is 7.68. The van der Waals surface area contributed by atoms with E-state index in [0.29, 0.717) is 23.9 Å². The molecule has 41 heavy (non-hydrogen) atoms. The van der Waals surface area contributed by atoms with Gasteiger partial charge in [0.15, 0.2) is 0 Å². The molecule has 5 aromatic rings. The molecule has 0 aliphatic heterocycles. The van der Waals surface area contributed by atoms with Crippen molar-refractivity contribution in [2.75, 3.05) is 0 Å². The van der Waals surface area contributed by atoms with Gasteiger partial charge in [-0.15, -0.1) is 0 Å². The van der Waals surface area contributed by atoms with Gasteiger partial charge in [0.25, 0.3) is 0 Å². The minimum atomic E-state index is -0.969. The van der Waals surface area contributed by atoms with Crippen LogP contribution in [-0.2, 0) is 6.61 Å². The molecule has 6 rings (SSSR count). The molecule has 2 aromatic heterocycles. The highest BCUT2D eigenvalue weighted by Crippen LogP contribution is 2.36. The Bertz CT molecular complexity index is 1720. The summed E-state index contributed by atoms with van der Waals surface area (Å²) >= 11 is 0. The van der Waals surface area contributed by atoms with Gasteiger partial charge in [-0.2, -0.15) is 0 Å². The fourth-order valence-electron chi connectivity index (χ4n) is 5.59. The van der Waals surface area contributed by atoms with E-state index in [9.17, 15) is 19.8 Å². The van der Waals surface area contributed by atoms with Crippen LogP contribution in [0.15, 0.2) is 85.1 Å². The van der Waals surface area contributed by atoms with Gasteiger partial charge >= 0.3 is 11.9 Å². The second-order valence-electron chi connectivity index (χ2n) is 10.3. The summed E-state index contributed by atoms with van der Waals surface area (Å²) in [5, 5.41) is 18.7. The molecule has 3 aromatic carbocycles. The van der Waals surface area contributed by atoms with Crippen LogP contribution in [-0.4, -0.2) is 36.7 Å². The van der Waals surface area contributed by atoms with E-state index in [-0.39, 0.29) is 11.1 Å². The molecule has 0 saturated heterocycles. The van der Waals surface area contributed by atoms with E-state index in [0.717, 1.165) is 46.6 Å². The number of pyridine rings is 1. The van der Waals surface area contributed by atoms with Gasteiger partial charge in [0.05, 0.1) is 27.9 Å². The number of hydrogen-bond donors (Lipinski definition) is 2. The van der Waals surface area contributed by atoms with Crippen LogP contribution in [0, 0.1) is 0 Å². The van der Waals surface area contributed by atoms with E-state index in [1.807, 2.05) is 42.5 Å². The number of ether oxygens (including phenoxy) is 1. The Labute approximate surface area is 236 Å². The third-order valence-electron chi connectivity index (χ3n) is 7.68. The molecule has 2 N–H and O–H groups in total. The quantitative estimate of drug-likeness (QED) is 0.210. The van der Waals surface area contributed by atoms with Crippen LogP contribution in [0.2, 0.25) is 0 Å². The van der Waals surface area contributed by atoms with Crippen molar-refractivity contribution in [1.29, 1.82) is 0 Å². The van der Waals surface area contributed by atoms with Gasteiger partial charge in [-0.3, -0.25) is 4.98 Å². The van der Waals surface area contributed by atoms with Crippen molar-refractivity contribution in [3.8, 4) is 28.4 Å².